The van der Waals surface area contributed by atoms with Crippen LogP contribution in [0.5, 0.6) is 0 Å². The van der Waals surface area contributed by atoms with E-state index in [-0.39, 0.29) is 25.7 Å². The second kappa shape index (κ2) is 73.2. The van der Waals surface area contributed by atoms with Gasteiger partial charge in [-0.15, -0.1) is 0 Å². The number of ether oxygens (including phenoxy) is 4. The third kappa shape index (κ3) is 74.9. The van der Waals surface area contributed by atoms with Crippen molar-refractivity contribution in [1.29, 1.82) is 0 Å². The molecular weight excluding hydrogens is 1330 g/mol. The lowest BCUT2D eigenvalue weighted by molar-refractivity contribution is -0.161. The number of esters is 4. The van der Waals surface area contributed by atoms with E-state index in [1.54, 1.807) is 0 Å². The largest absolute Gasteiger partial charge is 0.472 e. The number of rotatable bonds is 81. The van der Waals surface area contributed by atoms with Crippen LogP contribution in [0.3, 0.4) is 0 Å². The minimum absolute atomic E-state index is 0.107. The van der Waals surface area contributed by atoms with Crippen molar-refractivity contribution >= 4 is 39.5 Å². The SMILES string of the molecule is CCCCCCCCCCCCCCC(=O)OC[C@H](COP(=O)(O)OC[C@H](O)COP(=O)(O)OC[C@@H](COC(=O)CCCCCCCCCCCCCC(C)C)OC(=O)CCCCCCCCCCCCCCCCCCCCC(C)CC)OC(=O)CCCCCCCCCCCCCC(C)C. The van der Waals surface area contributed by atoms with Crippen LogP contribution in [0.1, 0.15) is 434 Å². The lowest BCUT2D eigenvalue weighted by Gasteiger charge is -2.21. The first-order valence-corrected chi connectivity index (χ1v) is 45.9. The number of carbonyl (C=O) groups excluding carboxylic acids is 4. The molecule has 0 aliphatic rings. The Morgan fingerprint density at radius 1 is 0.284 bits per heavy atom. The Kier molecular flexibility index (Phi) is 71.8. The van der Waals surface area contributed by atoms with E-state index in [2.05, 4.69) is 48.5 Å². The highest BCUT2D eigenvalue weighted by molar-refractivity contribution is 7.47. The maximum atomic E-state index is 13.1. The van der Waals surface area contributed by atoms with Gasteiger partial charge in [-0.3, -0.25) is 37.3 Å². The average molecular weight is 1490 g/mol. The molecule has 3 N–H and O–H groups in total. The first-order chi connectivity index (χ1) is 49.3. The fraction of sp³-hybridized carbons (Fsp3) is 0.952. The summed E-state index contributed by atoms with van der Waals surface area (Å²) in [5.41, 5.74) is 0. The van der Waals surface area contributed by atoms with Gasteiger partial charge in [0.15, 0.2) is 12.2 Å². The number of carbonyl (C=O) groups is 4. The molecule has 0 amide bonds. The zero-order valence-corrected chi connectivity index (χ0v) is 68.9. The maximum Gasteiger partial charge on any atom is 0.472 e. The smallest absolute Gasteiger partial charge is 0.462 e. The molecule has 0 aromatic heterocycles. The number of aliphatic hydroxyl groups is 1. The molecule has 606 valence electrons. The summed E-state index contributed by atoms with van der Waals surface area (Å²) in [4.78, 5) is 73.1. The molecule has 0 aliphatic heterocycles. The van der Waals surface area contributed by atoms with Gasteiger partial charge in [0.25, 0.3) is 0 Å². The monoisotopic (exact) mass is 1490 g/mol. The van der Waals surface area contributed by atoms with Crippen LogP contribution in [0.4, 0.5) is 0 Å². The molecule has 102 heavy (non-hydrogen) atoms. The third-order valence-electron chi connectivity index (χ3n) is 19.7. The number of phosphoric acid groups is 2. The summed E-state index contributed by atoms with van der Waals surface area (Å²) in [7, 11) is -9.92. The molecule has 0 fully saturated rings. The van der Waals surface area contributed by atoms with Crippen molar-refractivity contribution in [3.05, 3.63) is 0 Å². The highest BCUT2D eigenvalue weighted by Crippen LogP contribution is 2.45. The zero-order chi connectivity index (χ0) is 75.1. The number of hydrogen-bond donors (Lipinski definition) is 3. The molecule has 0 aliphatic carbocycles. The molecule has 0 saturated carbocycles. The van der Waals surface area contributed by atoms with Gasteiger partial charge in [-0.25, -0.2) is 9.13 Å². The fourth-order valence-corrected chi connectivity index (χ4v) is 14.4. The van der Waals surface area contributed by atoms with Crippen molar-refractivity contribution in [3.63, 3.8) is 0 Å². The summed E-state index contributed by atoms with van der Waals surface area (Å²) < 4.78 is 68.8. The van der Waals surface area contributed by atoms with Gasteiger partial charge in [0, 0.05) is 25.7 Å². The first-order valence-electron chi connectivity index (χ1n) is 42.9. The van der Waals surface area contributed by atoms with E-state index in [1.807, 2.05) is 0 Å². The fourth-order valence-electron chi connectivity index (χ4n) is 12.8. The Morgan fingerprint density at radius 2 is 0.500 bits per heavy atom. The van der Waals surface area contributed by atoms with Crippen LogP contribution in [0.25, 0.3) is 0 Å². The molecule has 0 aromatic carbocycles. The van der Waals surface area contributed by atoms with Crippen molar-refractivity contribution < 1.29 is 80.2 Å². The van der Waals surface area contributed by atoms with E-state index < -0.39 is 97.5 Å². The van der Waals surface area contributed by atoms with Gasteiger partial charge in [-0.2, -0.15) is 0 Å². The van der Waals surface area contributed by atoms with Crippen LogP contribution in [0, 0.1) is 17.8 Å². The van der Waals surface area contributed by atoms with Gasteiger partial charge in [-0.05, 0) is 43.4 Å². The van der Waals surface area contributed by atoms with Crippen molar-refractivity contribution in [2.75, 3.05) is 39.6 Å². The van der Waals surface area contributed by atoms with Crippen LogP contribution < -0.4 is 0 Å². The maximum absolute atomic E-state index is 13.1. The molecule has 0 bridgehead atoms. The van der Waals surface area contributed by atoms with Crippen molar-refractivity contribution in [3.8, 4) is 0 Å². The number of unbranched alkanes of at least 4 members (excludes halogenated alkanes) is 48. The van der Waals surface area contributed by atoms with Gasteiger partial charge >= 0.3 is 39.5 Å². The minimum Gasteiger partial charge on any atom is -0.462 e. The van der Waals surface area contributed by atoms with E-state index in [4.69, 9.17) is 37.0 Å². The molecule has 0 saturated heterocycles. The second-order valence-electron chi connectivity index (χ2n) is 31.1. The molecule has 3 unspecified atom stereocenters. The van der Waals surface area contributed by atoms with Gasteiger partial charge in [-0.1, -0.05) is 382 Å². The Labute approximate surface area is 626 Å². The van der Waals surface area contributed by atoms with E-state index in [0.29, 0.717) is 25.7 Å². The van der Waals surface area contributed by atoms with Crippen LogP contribution in [-0.4, -0.2) is 96.7 Å². The minimum atomic E-state index is -4.96. The summed E-state index contributed by atoms with van der Waals surface area (Å²) >= 11 is 0. The van der Waals surface area contributed by atoms with Crippen LogP contribution >= 0.6 is 15.6 Å². The Balaban J connectivity index is 5.23. The quantitative estimate of drug-likeness (QED) is 0.0222. The van der Waals surface area contributed by atoms with Gasteiger partial charge in [0.1, 0.15) is 19.3 Å². The number of aliphatic hydroxyl groups excluding tert-OH is 1. The highest BCUT2D eigenvalue weighted by Gasteiger charge is 2.30. The van der Waals surface area contributed by atoms with E-state index >= 15 is 0 Å². The molecule has 17 nitrogen and oxygen atoms in total. The lowest BCUT2D eigenvalue weighted by atomic mass is 9.99. The predicted molar refractivity (Wildman–Crippen MR) is 418 cm³/mol. The predicted octanol–water partition coefficient (Wildman–Crippen LogP) is 24.9. The number of hydrogen-bond acceptors (Lipinski definition) is 15. The molecule has 6 atom stereocenters. The molecular formula is C83H162O17P2. The lowest BCUT2D eigenvalue weighted by Crippen LogP contribution is -2.30. The third-order valence-corrected chi connectivity index (χ3v) is 21.6. The van der Waals surface area contributed by atoms with Gasteiger partial charge in [0.05, 0.1) is 26.4 Å². The summed E-state index contributed by atoms with van der Waals surface area (Å²) in [6.45, 7) is 12.0. The summed E-state index contributed by atoms with van der Waals surface area (Å²) in [5.74, 6) is 0.300. The molecule has 0 aromatic rings. The Bertz CT molecular complexity index is 1980. The van der Waals surface area contributed by atoms with Crippen molar-refractivity contribution in [2.24, 2.45) is 17.8 Å². The molecule has 0 spiro atoms. The van der Waals surface area contributed by atoms with Crippen LogP contribution in [0.15, 0.2) is 0 Å². The second-order valence-corrected chi connectivity index (χ2v) is 34.0. The van der Waals surface area contributed by atoms with E-state index in [0.717, 1.165) is 108 Å². The molecule has 0 rings (SSSR count). The van der Waals surface area contributed by atoms with Crippen LogP contribution in [0.2, 0.25) is 0 Å². The topological polar surface area (TPSA) is 237 Å². The standard InChI is InChI=1S/C83H162O17P2/c1-8-10-11-12-13-14-15-29-36-43-50-57-64-80(85)93-70-79(100-83(88)67-60-53-46-39-32-25-27-34-41-48-55-62-75(5)6)73-98-102(91,92)96-69-77(84)68-95-101(89,90)97-72-78(71-94-81(86)65-58-51-44-37-31-24-26-33-40-47-54-61-74(3)4)99-82(87)66-59-52-45-38-30-23-21-19-17-16-18-20-22-28-35-42-49-56-63-76(7)9-2/h74-79,84H,8-73H2,1-7H3,(H,89,90)(H,91,92)/t76?,77-,78-,79-/m1/s1. The van der Waals surface area contributed by atoms with Gasteiger partial charge in [0.2, 0.25) is 0 Å². The van der Waals surface area contributed by atoms with E-state index in [9.17, 15) is 43.2 Å². The molecule has 19 heteroatoms. The number of phosphoric ester groups is 2. The summed E-state index contributed by atoms with van der Waals surface area (Å²) in [6, 6.07) is 0. The van der Waals surface area contributed by atoms with Gasteiger partial charge < -0.3 is 33.8 Å². The highest BCUT2D eigenvalue weighted by atomic mass is 31.2. The molecule has 0 heterocycles. The summed E-state index contributed by atoms with van der Waals surface area (Å²) in [6.07, 6.45) is 62.3. The normalized spacial score (nSPS) is 14.2. The Morgan fingerprint density at radius 3 is 0.745 bits per heavy atom. The van der Waals surface area contributed by atoms with E-state index in [1.165, 1.54) is 244 Å². The van der Waals surface area contributed by atoms with Crippen LogP contribution in [-0.2, 0) is 65.4 Å². The zero-order valence-electron chi connectivity index (χ0n) is 67.1. The molecule has 0 radical (unpaired) electrons. The first kappa shape index (κ1) is 100. The Hall–Kier alpha value is -1.94. The van der Waals surface area contributed by atoms with Crippen molar-refractivity contribution in [1.82, 2.24) is 0 Å². The van der Waals surface area contributed by atoms with Crippen molar-refractivity contribution in [2.45, 2.75) is 452 Å². The average Bonchev–Trinajstić information content (AvgIpc) is 0.912. The summed E-state index contributed by atoms with van der Waals surface area (Å²) in [5, 5.41) is 10.7.